The molecule has 1 nitrogen and oxygen atoms in total. The van der Waals surface area contributed by atoms with Crippen molar-refractivity contribution in [3.05, 3.63) is 35.4 Å². The standard InChI is InChI=1S/C12H17BrO/c1-12(2,9-14-3)11-6-4-10(8-13)5-7-11/h4-7H,8-9H2,1-3H3. The average molecular weight is 257 g/mol. The minimum atomic E-state index is 0.0968. The van der Waals surface area contributed by atoms with Crippen molar-refractivity contribution in [3.8, 4) is 0 Å². The molecular formula is C12H17BrO. The molecule has 0 aliphatic rings. The molecule has 0 aromatic heterocycles. The van der Waals surface area contributed by atoms with E-state index in [0.717, 1.165) is 11.9 Å². The summed E-state index contributed by atoms with van der Waals surface area (Å²) in [7, 11) is 1.74. The van der Waals surface area contributed by atoms with E-state index in [-0.39, 0.29) is 5.41 Å². The Hall–Kier alpha value is -0.340. The van der Waals surface area contributed by atoms with Crippen LogP contribution in [0, 0.1) is 0 Å². The fraction of sp³-hybridized carbons (Fsp3) is 0.500. The molecule has 0 N–H and O–H groups in total. The zero-order chi connectivity index (χ0) is 10.6. The third-order valence-electron chi connectivity index (χ3n) is 2.39. The molecule has 0 amide bonds. The average Bonchev–Trinajstić information content (AvgIpc) is 2.18. The SMILES string of the molecule is COCC(C)(C)c1ccc(CBr)cc1. The maximum absolute atomic E-state index is 5.21. The first-order valence-corrected chi connectivity index (χ1v) is 5.86. The first-order valence-electron chi connectivity index (χ1n) is 4.74. The second-order valence-corrected chi connectivity index (χ2v) is 4.71. The molecule has 2 heteroatoms. The van der Waals surface area contributed by atoms with Gasteiger partial charge in [0.05, 0.1) is 6.61 Å². The van der Waals surface area contributed by atoms with Gasteiger partial charge in [-0.2, -0.15) is 0 Å². The number of methoxy groups -OCH3 is 1. The van der Waals surface area contributed by atoms with E-state index in [0.29, 0.717) is 0 Å². The number of hydrogen-bond acceptors (Lipinski definition) is 1. The van der Waals surface area contributed by atoms with E-state index in [1.54, 1.807) is 7.11 Å². The Labute approximate surface area is 94.6 Å². The lowest BCUT2D eigenvalue weighted by Crippen LogP contribution is -2.23. The van der Waals surface area contributed by atoms with Crippen molar-refractivity contribution in [2.45, 2.75) is 24.6 Å². The molecule has 1 rings (SSSR count). The van der Waals surface area contributed by atoms with E-state index in [2.05, 4.69) is 54.0 Å². The van der Waals surface area contributed by atoms with Crippen LogP contribution in [0.4, 0.5) is 0 Å². The van der Waals surface area contributed by atoms with Crippen LogP contribution in [0.25, 0.3) is 0 Å². The molecule has 1 aromatic rings. The minimum absolute atomic E-state index is 0.0968. The molecule has 0 fully saturated rings. The molecule has 0 heterocycles. The normalized spacial score (nSPS) is 11.7. The van der Waals surface area contributed by atoms with Gasteiger partial charge in [0.1, 0.15) is 0 Å². The summed E-state index contributed by atoms with van der Waals surface area (Å²) in [5.41, 5.74) is 2.73. The zero-order valence-corrected chi connectivity index (χ0v) is 10.6. The number of hydrogen-bond donors (Lipinski definition) is 0. The Morgan fingerprint density at radius 1 is 1.21 bits per heavy atom. The van der Waals surface area contributed by atoms with Crippen LogP contribution < -0.4 is 0 Å². The van der Waals surface area contributed by atoms with Gasteiger partial charge in [-0.1, -0.05) is 54.0 Å². The van der Waals surface area contributed by atoms with Gasteiger partial charge in [0, 0.05) is 17.9 Å². The third kappa shape index (κ3) is 2.82. The lowest BCUT2D eigenvalue weighted by Gasteiger charge is -2.24. The lowest BCUT2D eigenvalue weighted by atomic mass is 9.85. The van der Waals surface area contributed by atoms with Crippen molar-refractivity contribution < 1.29 is 4.74 Å². The number of halogens is 1. The van der Waals surface area contributed by atoms with Crippen molar-refractivity contribution in [1.29, 1.82) is 0 Å². The van der Waals surface area contributed by atoms with Crippen molar-refractivity contribution in [1.82, 2.24) is 0 Å². The number of rotatable bonds is 4. The van der Waals surface area contributed by atoms with Crippen LogP contribution in [0.5, 0.6) is 0 Å². The second-order valence-electron chi connectivity index (χ2n) is 4.15. The first-order chi connectivity index (χ1) is 6.60. The molecule has 0 atom stereocenters. The highest BCUT2D eigenvalue weighted by Crippen LogP contribution is 2.23. The largest absolute Gasteiger partial charge is 0.384 e. The Bertz CT molecular complexity index is 277. The van der Waals surface area contributed by atoms with Gasteiger partial charge in [-0.25, -0.2) is 0 Å². The highest BCUT2D eigenvalue weighted by atomic mass is 79.9. The van der Waals surface area contributed by atoms with Crippen molar-refractivity contribution in [2.24, 2.45) is 0 Å². The van der Waals surface area contributed by atoms with Gasteiger partial charge in [-0.3, -0.25) is 0 Å². The van der Waals surface area contributed by atoms with Crippen LogP contribution >= 0.6 is 15.9 Å². The van der Waals surface area contributed by atoms with E-state index in [1.165, 1.54) is 11.1 Å². The second kappa shape index (κ2) is 4.94. The van der Waals surface area contributed by atoms with E-state index in [1.807, 2.05) is 0 Å². The molecular weight excluding hydrogens is 240 g/mol. The Morgan fingerprint density at radius 3 is 2.21 bits per heavy atom. The molecule has 0 saturated carbocycles. The fourth-order valence-electron chi connectivity index (χ4n) is 1.49. The summed E-state index contributed by atoms with van der Waals surface area (Å²) in [5.74, 6) is 0. The molecule has 0 saturated heterocycles. The van der Waals surface area contributed by atoms with Crippen LogP contribution in [0.3, 0.4) is 0 Å². The molecule has 0 aliphatic heterocycles. The zero-order valence-electron chi connectivity index (χ0n) is 9.01. The van der Waals surface area contributed by atoms with Crippen LogP contribution in [0.1, 0.15) is 25.0 Å². The summed E-state index contributed by atoms with van der Waals surface area (Å²) in [6, 6.07) is 8.66. The van der Waals surface area contributed by atoms with Gasteiger partial charge < -0.3 is 4.74 Å². The maximum atomic E-state index is 5.21. The molecule has 78 valence electrons. The Balaban J connectivity index is 2.85. The summed E-state index contributed by atoms with van der Waals surface area (Å²) >= 11 is 3.44. The monoisotopic (exact) mass is 256 g/mol. The highest BCUT2D eigenvalue weighted by molar-refractivity contribution is 9.08. The first kappa shape index (κ1) is 11.7. The summed E-state index contributed by atoms with van der Waals surface area (Å²) in [4.78, 5) is 0. The van der Waals surface area contributed by atoms with Crippen LogP contribution in [0.15, 0.2) is 24.3 Å². The summed E-state index contributed by atoms with van der Waals surface area (Å²) in [6.07, 6.45) is 0. The van der Waals surface area contributed by atoms with Gasteiger partial charge in [0.2, 0.25) is 0 Å². The smallest absolute Gasteiger partial charge is 0.0553 e. The van der Waals surface area contributed by atoms with Crippen LogP contribution in [-0.4, -0.2) is 13.7 Å². The molecule has 0 aliphatic carbocycles. The summed E-state index contributed by atoms with van der Waals surface area (Å²) in [6.45, 7) is 5.14. The lowest BCUT2D eigenvalue weighted by molar-refractivity contribution is 0.146. The van der Waals surface area contributed by atoms with Crippen LogP contribution in [0.2, 0.25) is 0 Å². The summed E-state index contributed by atoms with van der Waals surface area (Å²) < 4.78 is 5.21. The number of alkyl halides is 1. The predicted octanol–water partition coefficient (Wildman–Crippen LogP) is 3.51. The van der Waals surface area contributed by atoms with Gasteiger partial charge in [0.25, 0.3) is 0 Å². The van der Waals surface area contributed by atoms with Gasteiger partial charge in [-0.05, 0) is 11.1 Å². The maximum Gasteiger partial charge on any atom is 0.0553 e. The van der Waals surface area contributed by atoms with E-state index in [4.69, 9.17) is 4.74 Å². The van der Waals surface area contributed by atoms with E-state index >= 15 is 0 Å². The van der Waals surface area contributed by atoms with Gasteiger partial charge in [0.15, 0.2) is 0 Å². The van der Waals surface area contributed by atoms with Gasteiger partial charge in [-0.15, -0.1) is 0 Å². The molecule has 1 aromatic carbocycles. The predicted molar refractivity (Wildman–Crippen MR) is 64.0 cm³/mol. The molecule has 0 spiro atoms. The Morgan fingerprint density at radius 2 is 1.79 bits per heavy atom. The van der Waals surface area contributed by atoms with E-state index in [9.17, 15) is 0 Å². The third-order valence-corrected chi connectivity index (χ3v) is 3.04. The van der Waals surface area contributed by atoms with Crippen LogP contribution in [-0.2, 0) is 15.5 Å². The van der Waals surface area contributed by atoms with Crippen molar-refractivity contribution in [2.75, 3.05) is 13.7 Å². The van der Waals surface area contributed by atoms with Crippen molar-refractivity contribution in [3.63, 3.8) is 0 Å². The van der Waals surface area contributed by atoms with Crippen molar-refractivity contribution >= 4 is 15.9 Å². The molecule has 0 radical (unpaired) electrons. The topological polar surface area (TPSA) is 9.23 Å². The van der Waals surface area contributed by atoms with E-state index < -0.39 is 0 Å². The molecule has 14 heavy (non-hydrogen) atoms. The minimum Gasteiger partial charge on any atom is -0.384 e. The summed E-state index contributed by atoms with van der Waals surface area (Å²) in [5, 5.41) is 0.915. The quantitative estimate of drug-likeness (QED) is 0.750. The highest BCUT2D eigenvalue weighted by Gasteiger charge is 2.19. The fourth-order valence-corrected chi connectivity index (χ4v) is 1.86. The number of ether oxygens (including phenoxy) is 1. The Kier molecular flexibility index (Phi) is 4.14. The molecule has 0 unspecified atom stereocenters. The van der Waals surface area contributed by atoms with Gasteiger partial charge >= 0.3 is 0 Å². The molecule has 0 bridgehead atoms. The number of benzene rings is 1.